The molecule has 0 aromatic heterocycles. The molecule has 2 N–H and O–H groups in total. The van der Waals surface area contributed by atoms with Gasteiger partial charge in [0.15, 0.2) is 0 Å². The van der Waals surface area contributed by atoms with E-state index in [-0.39, 0.29) is 12.1 Å². The minimum Gasteiger partial charge on any atom is -0.338 e. The number of carbonyl (C=O) groups excluding carboxylic acids is 1. The van der Waals surface area contributed by atoms with E-state index >= 15 is 0 Å². The van der Waals surface area contributed by atoms with Crippen LogP contribution >= 0.6 is 0 Å². The highest BCUT2D eigenvalue weighted by Crippen LogP contribution is 2.21. The van der Waals surface area contributed by atoms with Gasteiger partial charge in [-0.15, -0.1) is 0 Å². The summed E-state index contributed by atoms with van der Waals surface area (Å²) in [6.45, 7) is 0.574. The van der Waals surface area contributed by atoms with Gasteiger partial charge in [-0.05, 0) is 30.4 Å². The van der Waals surface area contributed by atoms with Crippen LogP contribution in [0.5, 0.6) is 0 Å². The first-order valence-electron chi connectivity index (χ1n) is 6.56. The Morgan fingerprint density at radius 3 is 2.53 bits per heavy atom. The molecule has 19 heavy (non-hydrogen) atoms. The van der Waals surface area contributed by atoms with E-state index in [1.165, 1.54) is 11.1 Å². The Morgan fingerprint density at radius 1 is 1.32 bits per heavy atom. The van der Waals surface area contributed by atoms with E-state index in [0.717, 1.165) is 19.3 Å². The molecule has 0 spiro atoms. The van der Waals surface area contributed by atoms with Gasteiger partial charge in [0, 0.05) is 35.4 Å². The van der Waals surface area contributed by atoms with Crippen LogP contribution in [0.3, 0.4) is 0 Å². The van der Waals surface area contributed by atoms with Crippen molar-refractivity contribution in [3.05, 3.63) is 35.4 Å². The Labute approximate surface area is 116 Å². The van der Waals surface area contributed by atoms with E-state index in [2.05, 4.69) is 22.8 Å². The number of fused-ring (bicyclic) bond motifs is 1. The predicted octanol–water partition coefficient (Wildman–Crippen LogP) is 1.22. The van der Waals surface area contributed by atoms with Crippen molar-refractivity contribution in [3.8, 4) is 0 Å². The summed E-state index contributed by atoms with van der Waals surface area (Å²) in [7, 11) is -0.783. The third-order valence-electron chi connectivity index (χ3n) is 3.28. The Kier molecular flexibility index (Phi) is 4.96. The topological polar surface area (TPSA) is 58.2 Å². The van der Waals surface area contributed by atoms with Crippen LogP contribution in [0.4, 0.5) is 4.79 Å². The molecule has 4 nitrogen and oxygen atoms in total. The van der Waals surface area contributed by atoms with Crippen molar-refractivity contribution < 1.29 is 9.00 Å². The van der Waals surface area contributed by atoms with Crippen LogP contribution in [0.25, 0.3) is 0 Å². The lowest BCUT2D eigenvalue weighted by Gasteiger charge is -2.12. The van der Waals surface area contributed by atoms with Crippen LogP contribution < -0.4 is 10.6 Å². The molecule has 0 unspecified atom stereocenters. The first-order valence-corrected chi connectivity index (χ1v) is 8.29. The van der Waals surface area contributed by atoms with Crippen molar-refractivity contribution in [1.29, 1.82) is 0 Å². The van der Waals surface area contributed by atoms with Gasteiger partial charge in [-0.2, -0.15) is 0 Å². The molecule has 0 heterocycles. The first-order chi connectivity index (χ1) is 9.15. The van der Waals surface area contributed by atoms with Crippen LogP contribution in [0, 0.1) is 0 Å². The molecular formula is C14H20N2O2S. The second-order valence-electron chi connectivity index (χ2n) is 4.90. The van der Waals surface area contributed by atoms with Crippen molar-refractivity contribution in [1.82, 2.24) is 10.6 Å². The van der Waals surface area contributed by atoms with E-state index in [4.69, 9.17) is 0 Å². The number of hydrogen-bond donors (Lipinski definition) is 2. The molecule has 1 aliphatic carbocycles. The highest BCUT2D eigenvalue weighted by Gasteiger charge is 2.21. The number of amides is 2. The maximum Gasteiger partial charge on any atom is 0.315 e. The summed E-state index contributed by atoms with van der Waals surface area (Å²) in [6.07, 6.45) is 4.24. The summed E-state index contributed by atoms with van der Waals surface area (Å²) < 4.78 is 10.9. The number of rotatable bonds is 5. The minimum atomic E-state index is -0.783. The molecule has 0 bridgehead atoms. The van der Waals surface area contributed by atoms with Crippen LogP contribution in [-0.2, 0) is 23.6 Å². The summed E-state index contributed by atoms with van der Waals surface area (Å²) in [5.41, 5.74) is 2.66. The third kappa shape index (κ3) is 4.35. The lowest BCUT2D eigenvalue weighted by atomic mass is 10.1. The number of carbonyl (C=O) groups is 1. The molecule has 5 heteroatoms. The van der Waals surface area contributed by atoms with Gasteiger partial charge in [0.05, 0.1) is 0 Å². The minimum absolute atomic E-state index is 0.125. The average Bonchev–Trinajstić information content (AvgIpc) is 2.76. The second kappa shape index (κ2) is 6.70. The van der Waals surface area contributed by atoms with Gasteiger partial charge in [-0.25, -0.2) is 4.79 Å². The number of urea groups is 1. The molecule has 0 fully saturated rings. The van der Waals surface area contributed by atoms with Gasteiger partial charge < -0.3 is 10.6 Å². The Hall–Kier alpha value is -1.36. The molecule has 2 amide bonds. The molecule has 2 rings (SSSR count). The molecule has 1 aromatic rings. The molecule has 0 saturated carbocycles. The fourth-order valence-electron chi connectivity index (χ4n) is 2.37. The maximum atomic E-state index is 11.7. The Bertz CT molecular complexity index is 451. The van der Waals surface area contributed by atoms with Gasteiger partial charge in [0.25, 0.3) is 0 Å². The third-order valence-corrected chi connectivity index (χ3v) is 4.14. The van der Waals surface area contributed by atoms with Crippen LogP contribution in [0.2, 0.25) is 0 Å². The molecule has 1 atom stereocenters. The molecule has 1 aromatic carbocycles. The summed E-state index contributed by atoms with van der Waals surface area (Å²) in [5, 5.41) is 5.80. The quantitative estimate of drug-likeness (QED) is 0.797. The molecule has 0 saturated heterocycles. The van der Waals surface area contributed by atoms with E-state index in [0.29, 0.717) is 12.3 Å². The lowest BCUT2D eigenvalue weighted by molar-refractivity contribution is 0.237. The fraction of sp³-hybridized carbons (Fsp3) is 0.500. The van der Waals surface area contributed by atoms with Gasteiger partial charge in [-0.3, -0.25) is 4.21 Å². The fourth-order valence-corrected chi connectivity index (χ4v) is 2.93. The average molecular weight is 280 g/mol. The zero-order valence-corrected chi connectivity index (χ0v) is 12.0. The standard InChI is InChI=1S/C14H20N2O2S/c1-19(18)8-4-7-15-14(17)16-13-9-11-5-2-3-6-12(11)10-13/h2-3,5-6,13H,4,7-10H2,1H3,(H2,15,16,17)/t19-/m1/s1. The van der Waals surface area contributed by atoms with Gasteiger partial charge in [0.2, 0.25) is 0 Å². The summed E-state index contributed by atoms with van der Waals surface area (Å²) in [5.74, 6) is 0.634. The van der Waals surface area contributed by atoms with E-state index in [1.807, 2.05) is 12.1 Å². The molecular weight excluding hydrogens is 260 g/mol. The normalized spacial score (nSPS) is 15.8. The SMILES string of the molecule is C[S@@](=O)CCCNC(=O)NC1Cc2ccccc2C1. The number of nitrogens with one attached hydrogen (secondary N) is 2. The second-order valence-corrected chi connectivity index (χ2v) is 6.46. The van der Waals surface area contributed by atoms with Crippen molar-refractivity contribution >= 4 is 16.8 Å². The summed E-state index contributed by atoms with van der Waals surface area (Å²) >= 11 is 0. The van der Waals surface area contributed by atoms with E-state index < -0.39 is 10.8 Å². The van der Waals surface area contributed by atoms with Crippen molar-refractivity contribution in [2.75, 3.05) is 18.6 Å². The van der Waals surface area contributed by atoms with E-state index in [1.54, 1.807) is 6.26 Å². The molecule has 1 aliphatic rings. The Morgan fingerprint density at radius 2 is 1.95 bits per heavy atom. The summed E-state index contributed by atoms with van der Waals surface area (Å²) in [4.78, 5) is 11.7. The summed E-state index contributed by atoms with van der Waals surface area (Å²) in [6, 6.07) is 8.37. The Balaban J connectivity index is 1.69. The highest BCUT2D eigenvalue weighted by molar-refractivity contribution is 7.84. The smallest absolute Gasteiger partial charge is 0.315 e. The van der Waals surface area contributed by atoms with Gasteiger partial charge in [0.1, 0.15) is 0 Å². The number of hydrogen-bond acceptors (Lipinski definition) is 2. The first kappa shape index (κ1) is 14.1. The van der Waals surface area contributed by atoms with Crippen LogP contribution in [-0.4, -0.2) is 34.8 Å². The zero-order chi connectivity index (χ0) is 13.7. The van der Waals surface area contributed by atoms with Crippen molar-refractivity contribution in [2.45, 2.75) is 25.3 Å². The monoisotopic (exact) mass is 280 g/mol. The molecule has 0 radical (unpaired) electrons. The van der Waals surface area contributed by atoms with Crippen LogP contribution in [0.15, 0.2) is 24.3 Å². The number of benzene rings is 1. The van der Waals surface area contributed by atoms with E-state index in [9.17, 15) is 9.00 Å². The van der Waals surface area contributed by atoms with Crippen LogP contribution in [0.1, 0.15) is 17.5 Å². The zero-order valence-electron chi connectivity index (χ0n) is 11.1. The maximum absolute atomic E-state index is 11.7. The molecule has 0 aliphatic heterocycles. The van der Waals surface area contributed by atoms with Crippen molar-refractivity contribution in [2.24, 2.45) is 0 Å². The largest absolute Gasteiger partial charge is 0.338 e. The van der Waals surface area contributed by atoms with Gasteiger partial charge >= 0.3 is 6.03 Å². The molecule has 104 valence electrons. The lowest BCUT2D eigenvalue weighted by Crippen LogP contribution is -2.43. The van der Waals surface area contributed by atoms with Crippen molar-refractivity contribution in [3.63, 3.8) is 0 Å². The highest BCUT2D eigenvalue weighted by atomic mass is 32.2. The van der Waals surface area contributed by atoms with Gasteiger partial charge in [-0.1, -0.05) is 24.3 Å². The predicted molar refractivity (Wildman–Crippen MR) is 77.7 cm³/mol.